The van der Waals surface area contributed by atoms with Gasteiger partial charge in [-0.25, -0.2) is 13.9 Å². The Morgan fingerprint density at radius 1 is 1.15 bits per heavy atom. The Bertz CT molecular complexity index is 1100. The first-order valence-corrected chi connectivity index (χ1v) is 12.6. The van der Waals surface area contributed by atoms with E-state index >= 15 is 0 Å². The van der Waals surface area contributed by atoms with Gasteiger partial charge in [0.2, 0.25) is 21.8 Å². The summed E-state index contributed by atoms with van der Waals surface area (Å²) < 4.78 is 34.3. The summed E-state index contributed by atoms with van der Waals surface area (Å²) >= 11 is 0. The van der Waals surface area contributed by atoms with E-state index in [9.17, 15) is 18.0 Å². The maximum Gasteiger partial charge on any atom is 0.246 e. The molecule has 2 aromatic carbocycles. The highest BCUT2D eigenvalue weighted by molar-refractivity contribution is 7.89. The van der Waals surface area contributed by atoms with Gasteiger partial charge in [-0.15, -0.1) is 0 Å². The van der Waals surface area contributed by atoms with E-state index in [2.05, 4.69) is 6.92 Å². The Kier molecular flexibility index (Phi) is 7.96. The third-order valence-corrected chi connectivity index (χ3v) is 7.56. The van der Waals surface area contributed by atoms with Crippen molar-refractivity contribution in [1.82, 2.24) is 9.79 Å². The Labute approximate surface area is 200 Å². The number of amides is 2. The number of carbonyl (C=O) groups is 2. The van der Waals surface area contributed by atoms with Crippen LogP contribution >= 0.6 is 0 Å². The van der Waals surface area contributed by atoms with Gasteiger partial charge in [-0.2, -0.15) is 4.31 Å². The molecule has 0 spiro atoms. The van der Waals surface area contributed by atoms with Crippen LogP contribution in [0.15, 0.2) is 59.5 Å². The lowest BCUT2D eigenvalue weighted by atomic mass is 9.88. The normalized spacial score (nSPS) is 18.5. The van der Waals surface area contributed by atoms with Crippen molar-refractivity contribution in [2.75, 3.05) is 18.1 Å². The molecule has 2 aromatic rings. The van der Waals surface area contributed by atoms with Crippen molar-refractivity contribution in [3.05, 3.63) is 54.6 Å². The molecule has 0 bridgehead atoms. The highest BCUT2D eigenvalue weighted by Crippen LogP contribution is 2.37. The zero-order valence-electron chi connectivity index (χ0n) is 19.6. The van der Waals surface area contributed by atoms with Gasteiger partial charge in [-0.05, 0) is 56.7 Å². The molecule has 0 saturated carbocycles. The first-order chi connectivity index (χ1) is 16.1. The van der Waals surface area contributed by atoms with Crippen molar-refractivity contribution < 1.29 is 28.0 Å². The van der Waals surface area contributed by atoms with Gasteiger partial charge in [0.25, 0.3) is 0 Å². The lowest BCUT2D eigenvalue weighted by molar-refractivity contribution is -0.134. The summed E-state index contributed by atoms with van der Waals surface area (Å²) in [5.74, 6) is -0.567. The summed E-state index contributed by atoms with van der Waals surface area (Å²) in [5, 5.41) is 9.13. The largest absolute Gasteiger partial charge is 0.494 e. The average molecular weight is 490 g/mol. The number of sulfonamides is 1. The summed E-state index contributed by atoms with van der Waals surface area (Å²) in [6, 6.07) is 14.7. The maximum absolute atomic E-state index is 13.8. The van der Waals surface area contributed by atoms with Gasteiger partial charge in [-0.3, -0.25) is 19.7 Å². The molecule has 1 atom stereocenters. The monoisotopic (exact) mass is 489 g/mol. The zero-order valence-corrected chi connectivity index (χ0v) is 20.4. The molecule has 1 unspecified atom stereocenters. The second-order valence-electron chi connectivity index (χ2n) is 8.84. The molecule has 1 aliphatic heterocycles. The molecule has 1 saturated heterocycles. The number of rotatable bonds is 9. The van der Waals surface area contributed by atoms with E-state index in [4.69, 9.17) is 9.94 Å². The van der Waals surface area contributed by atoms with Crippen LogP contribution in [0.2, 0.25) is 0 Å². The number of carbonyl (C=O) groups excluding carboxylic acids is 2. The van der Waals surface area contributed by atoms with E-state index in [1.54, 1.807) is 61.8 Å². The number of hydroxylamine groups is 1. The van der Waals surface area contributed by atoms with Crippen molar-refractivity contribution >= 4 is 27.5 Å². The predicted octanol–water partition coefficient (Wildman–Crippen LogP) is 3.15. The van der Waals surface area contributed by atoms with Crippen LogP contribution < -0.4 is 15.1 Å². The first-order valence-electron chi connectivity index (χ1n) is 11.2. The van der Waals surface area contributed by atoms with E-state index in [0.717, 1.165) is 17.1 Å². The third kappa shape index (κ3) is 5.40. The fourth-order valence-corrected chi connectivity index (χ4v) is 5.59. The summed E-state index contributed by atoms with van der Waals surface area (Å²) in [4.78, 5) is 26.9. The molecular formula is C24H31N3O6S. The SMILES string of the molecule is CCCCOc1ccc(S(=O)(=O)N2CC(C)(C)C(=O)N(c3ccccc3)C2CC(=O)NO)cc1. The molecule has 2 N–H and O–H groups in total. The number of nitrogens with one attached hydrogen (secondary N) is 1. The van der Waals surface area contributed by atoms with Crippen LogP contribution in [0.5, 0.6) is 5.75 Å². The Hall–Kier alpha value is -2.95. The number of ether oxygens (including phenoxy) is 1. The lowest BCUT2D eigenvalue weighted by Crippen LogP contribution is -2.65. The molecule has 3 rings (SSSR count). The van der Waals surface area contributed by atoms with Gasteiger partial charge in [0.1, 0.15) is 11.9 Å². The molecule has 1 fully saturated rings. The van der Waals surface area contributed by atoms with Gasteiger partial charge in [-0.1, -0.05) is 31.5 Å². The van der Waals surface area contributed by atoms with Crippen LogP contribution in [0, 0.1) is 5.41 Å². The number of hydrogen-bond donors (Lipinski definition) is 2. The molecule has 0 aromatic heterocycles. The molecule has 34 heavy (non-hydrogen) atoms. The molecule has 184 valence electrons. The van der Waals surface area contributed by atoms with Crippen molar-refractivity contribution in [3.63, 3.8) is 0 Å². The number of para-hydroxylation sites is 1. The summed E-state index contributed by atoms with van der Waals surface area (Å²) in [6.45, 7) is 5.79. The summed E-state index contributed by atoms with van der Waals surface area (Å²) in [7, 11) is -4.12. The highest BCUT2D eigenvalue weighted by Gasteiger charge is 2.50. The van der Waals surface area contributed by atoms with E-state index < -0.39 is 33.9 Å². The summed E-state index contributed by atoms with van der Waals surface area (Å²) in [5.41, 5.74) is 0.946. The summed E-state index contributed by atoms with van der Waals surface area (Å²) in [6.07, 6.45) is 0.267. The first kappa shape index (κ1) is 25.7. The molecule has 0 radical (unpaired) electrons. The highest BCUT2D eigenvalue weighted by atomic mass is 32.2. The van der Waals surface area contributed by atoms with Crippen LogP contribution in [-0.4, -0.2) is 49.1 Å². The molecule has 1 aliphatic rings. The van der Waals surface area contributed by atoms with E-state index in [-0.39, 0.29) is 17.3 Å². The minimum atomic E-state index is -4.12. The Morgan fingerprint density at radius 2 is 1.79 bits per heavy atom. The molecule has 1 heterocycles. The van der Waals surface area contributed by atoms with Gasteiger partial charge in [0.15, 0.2) is 0 Å². The minimum absolute atomic E-state index is 0.0166. The molecule has 9 nitrogen and oxygen atoms in total. The number of unbranched alkanes of at least 4 members (excludes halogenated alkanes) is 1. The van der Waals surface area contributed by atoms with E-state index in [1.807, 2.05) is 0 Å². The van der Waals surface area contributed by atoms with Gasteiger partial charge < -0.3 is 4.74 Å². The van der Waals surface area contributed by atoms with Crippen molar-refractivity contribution in [2.45, 2.75) is 51.1 Å². The maximum atomic E-state index is 13.8. The number of anilines is 1. The van der Waals surface area contributed by atoms with Gasteiger partial charge >= 0.3 is 0 Å². The standard InChI is InChI=1S/C24H31N3O6S/c1-4-5-15-33-19-11-13-20(14-12-19)34(31,32)26-17-24(2,3)23(29)27(18-9-7-6-8-10-18)22(26)16-21(28)25-30/h6-14,22,30H,4-5,15-17H2,1-3H3,(H,25,28). The van der Waals surface area contributed by atoms with Gasteiger partial charge in [0, 0.05) is 12.2 Å². The topological polar surface area (TPSA) is 116 Å². The number of benzene rings is 2. The molecule has 2 amide bonds. The van der Waals surface area contributed by atoms with E-state index in [0.29, 0.717) is 18.0 Å². The van der Waals surface area contributed by atoms with Crippen LogP contribution in [0.4, 0.5) is 5.69 Å². The van der Waals surface area contributed by atoms with Crippen LogP contribution in [0.3, 0.4) is 0 Å². The molecule has 0 aliphatic carbocycles. The second-order valence-corrected chi connectivity index (χ2v) is 10.7. The lowest BCUT2D eigenvalue weighted by Gasteiger charge is -2.48. The number of nitrogens with zero attached hydrogens (tertiary/aromatic N) is 2. The zero-order chi connectivity index (χ0) is 24.9. The Morgan fingerprint density at radius 3 is 2.38 bits per heavy atom. The van der Waals surface area contributed by atoms with E-state index in [1.165, 1.54) is 17.0 Å². The predicted molar refractivity (Wildman–Crippen MR) is 127 cm³/mol. The van der Waals surface area contributed by atoms with Crippen LogP contribution in [0.25, 0.3) is 0 Å². The minimum Gasteiger partial charge on any atom is -0.494 e. The third-order valence-electron chi connectivity index (χ3n) is 5.70. The molecular weight excluding hydrogens is 458 g/mol. The van der Waals surface area contributed by atoms with Crippen LogP contribution in [0.1, 0.15) is 40.0 Å². The van der Waals surface area contributed by atoms with Crippen molar-refractivity contribution in [1.29, 1.82) is 0 Å². The Balaban J connectivity index is 2.03. The second kappa shape index (κ2) is 10.5. The van der Waals surface area contributed by atoms with Crippen LogP contribution in [-0.2, 0) is 19.6 Å². The fraction of sp³-hybridized carbons (Fsp3) is 0.417. The fourth-order valence-electron chi connectivity index (χ4n) is 3.86. The average Bonchev–Trinajstić information content (AvgIpc) is 2.82. The van der Waals surface area contributed by atoms with Crippen molar-refractivity contribution in [2.24, 2.45) is 5.41 Å². The van der Waals surface area contributed by atoms with Gasteiger partial charge in [0.05, 0.1) is 23.3 Å². The molecule has 10 heteroatoms. The smallest absolute Gasteiger partial charge is 0.246 e. The number of hydrogen-bond acceptors (Lipinski definition) is 6. The quantitative estimate of drug-likeness (QED) is 0.318. The van der Waals surface area contributed by atoms with Crippen molar-refractivity contribution in [3.8, 4) is 5.75 Å².